The first-order chi connectivity index (χ1) is 7.19. The number of benzene rings is 1. The van der Waals surface area contributed by atoms with Gasteiger partial charge < -0.3 is 0 Å². The summed E-state index contributed by atoms with van der Waals surface area (Å²) in [5.41, 5.74) is -2.11. The van der Waals surface area contributed by atoms with Gasteiger partial charge in [0.1, 0.15) is 5.82 Å². The van der Waals surface area contributed by atoms with E-state index in [4.69, 9.17) is 0 Å². The lowest BCUT2D eigenvalue weighted by Crippen LogP contribution is -2.28. The first-order valence-corrected chi connectivity index (χ1v) is 4.05. The van der Waals surface area contributed by atoms with Crippen molar-refractivity contribution in [1.29, 1.82) is 0 Å². The molecular formula is C9H5F7. The smallest absolute Gasteiger partial charge is 0.241 e. The number of hydrogen-bond donors (Lipinski definition) is 0. The van der Waals surface area contributed by atoms with Crippen molar-refractivity contribution in [3.63, 3.8) is 0 Å². The third kappa shape index (κ3) is 1.85. The van der Waals surface area contributed by atoms with Crippen LogP contribution < -0.4 is 0 Å². The molecule has 1 aromatic carbocycles. The molecule has 0 aliphatic rings. The molecule has 0 heterocycles. The van der Waals surface area contributed by atoms with Gasteiger partial charge in [0.15, 0.2) is 23.6 Å². The third-order valence-corrected chi connectivity index (χ3v) is 1.95. The van der Waals surface area contributed by atoms with Gasteiger partial charge in [0.05, 0.1) is 5.56 Å². The first-order valence-electron chi connectivity index (χ1n) is 4.05. The molecule has 1 rings (SSSR count). The predicted octanol–water partition coefficient (Wildman–Crippen LogP) is 3.69. The van der Waals surface area contributed by atoms with Gasteiger partial charge in [0, 0.05) is 6.07 Å². The van der Waals surface area contributed by atoms with E-state index < -0.39 is 40.9 Å². The molecule has 1 aromatic rings. The van der Waals surface area contributed by atoms with Crippen LogP contribution in [0.1, 0.15) is 12.5 Å². The van der Waals surface area contributed by atoms with Crippen LogP contribution in [0.2, 0.25) is 0 Å². The standard InChI is InChI=1S/C9H5F7/c1-3(10)9(15,16)6-4(11)2-5(12)7(13)8(6)14/h2-3H,1H3. The molecule has 0 saturated heterocycles. The summed E-state index contributed by atoms with van der Waals surface area (Å²) in [6.07, 6.45) is -2.94. The Labute approximate surface area is 85.7 Å². The average Bonchev–Trinajstić information content (AvgIpc) is 2.13. The number of rotatable bonds is 2. The maximum atomic E-state index is 13.0. The summed E-state index contributed by atoms with van der Waals surface area (Å²) in [5, 5.41) is 0. The predicted molar refractivity (Wildman–Crippen MR) is 40.7 cm³/mol. The monoisotopic (exact) mass is 246 g/mol. The highest BCUT2D eigenvalue weighted by Gasteiger charge is 2.45. The van der Waals surface area contributed by atoms with E-state index in [2.05, 4.69) is 0 Å². The van der Waals surface area contributed by atoms with Gasteiger partial charge in [-0.05, 0) is 6.92 Å². The van der Waals surface area contributed by atoms with Gasteiger partial charge in [0.25, 0.3) is 0 Å². The molecule has 0 aliphatic carbocycles. The van der Waals surface area contributed by atoms with E-state index in [-0.39, 0.29) is 6.07 Å². The Morgan fingerprint density at radius 1 is 1.00 bits per heavy atom. The van der Waals surface area contributed by atoms with Crippen LogP contribution in [-0.4, -0.2) is 6.17 Å². The lowest BCUT2D eigenvalue weighted by Gasteiger charge is -2.19. The normalized spacial score (nSPS) is 14.0. The minimum Gasteiger partial charge on any atom is -0.241 e. The molecule has 0 spiro atoms. The van der Waals surface area contributed by atoms with Crippen molar-refractivity contribution in [3.05, 3.63) is 34.9 Å². The molecule has 0 aliphatic heterocycles. The van der Waals surface area contributed by atoms with Gasteiger partial charge in [-0.15, -0.1) is 0 Å². The van der Waals surface area contributed by atoms with Gasteiger partial charge in [-0.3, -0.25) is 0 Å². The summed E-state index contributed by atoms with van der Waals surface area (Å²) in [5.74, 6) is -13.3. The Morgan fingerprint density at radius 2 is 1.50 bits per heavy atom. The van der Waals surface area contributed by atoms with Crippen LogP contribution in [0.5, 0.6) is 0 Å². The average molecular weight is 246 g/mol. The zero-order chi connectivity index (χ0) is 12.7. The molecule has 0 N–H and O–H groups in total. The Bertz CT molecular complexity index is 411. The highest BCUT2D eigenvalue weighted by molar-refractivity contribution is 5.27. The van der Waals surface area contributed by atoms with E-state index >= 15 is 0 Å². The quantitative estimate of drug-likeness (QED) is 0.424. The van der Waals surface area contributed by atoms with Crippen LogP contribution in [0.3, 0.4) is 0 Å². The molecule has 90 valence electrons. The van der Waals surface area contributed by atoms with E-state index in [1.54, 1.807) is 0 Å². The molecule has 0 radical (unpaired) electrons. The topological polar surface area (TPSA) is 0 Å². The molecule has 0 fully saturated rings. The van der Waals surface area contributed by atoms with E-state index in [1.807, 2.05) is 0 Å². The van der Waals surface area contributed by atoms with Crippen molar-refractivity contribution in [2.45, 2.75) is 19.0 Å². The first kappa shape index (κ1) is 12.8. The number of halogens is 7. The van der Waals surface area contributed by atoms with Gasteiger partial charge >= 0.3 is 5.92 Å². The van der Waals surface area contributed by atoms with E-state index in [0.717, 1.165) is 0 Å². The Hall–Kier alpha value is -1.27. The minimum atomic E-state index is -4.57. The highest BCUT2D eigenvalue weighted by Crippen LogP contribution is 2.37. The summed E-state index contributed by atoms with van der Waals surface area (Å²) >= 11 is 0. The second-order valence-corrected chi connectivity index (χ2v) is 3.08. The molecule has 0 aromatic heterocycles. The van der Waals surface area contributed by atoms with Crippen molar-refractivity contribution in [2.24, 2.45) is 0 Å². The van der Waals surface area contributed by atoms with E-state index in [0.29, 0.717) is 6.92 Å². The van der Waals surface area contributed by atoms with Crippen LogP contribution in [0.25, 0.3) is 0 Å². The molecule has 16 heavy (non-hydrogen) atoms. The third-order valence-electron chi connectivity index (χ3n) is 1.95. The molecule has 1 unspecified atom stereocenters. The molecule has 7 heteroatoms. The minimum absolute atomic E-state index is 0.260. The Balaban J connectivity index is 3.52. The lowest BCUT2D eigenvalue weighted by molar-refractivity contribution is -0.0772. The van der Waals surface area contributed by atoms with Crippen molar-refractivity contribution in [3.8, 4) is 0 Å². The van der Waals surface area contributed by atoms with Gasteiger partial charge in [-0.2, -0.15) is 8.78 Å². The van der Waals surface area contributed by atoms with Gasteiger partial charge in [-0.1, -0.05) is 0 Å². The fraction of sp³-hybridized carbons (Fsp3) is 0.333. The summed E-state index contributed by atoms with van der Waals surface area (Å²) in [6, 6.07) is -0.260. The Kier molecular flexibility index (Phi) is 3.16. The van der Waals surface area contributed by atoms with Crippen LogP contribution in [0.4, 0.5) is 30.7 Å². The lowest BCUT2D eigenvalue weighted by atomic mass is 10.0. The number of hydrogen-bond acceptors (Lipinski definition) is 0. The second kappa shape index (κ2) is 3.95. The molecule has 0 nitrogen and oxygen atoms in total. The molecule has 0 bridgehead atoms. The van der Waals surface area contributed by atoms with Crippen LogP contribution in [-0.2, 0) is 5.92 Å². The van der Waals surface area contributed by atoms with E-state index in [9.17, 15) is 30.7 Å². The summed E-state index contributed by atoms with van der Waals surface area (Å²) in [7, 11) is 0. The number of alkyl halides is 3. The molecular weight excluding hydrogens is 241 g/mol. The van der Waals surface area contributed by atoms with Crippen molar-refractivity contribution >= 4 is 0 Å². The van der Waals surface area contributed by atoms with Gasteiger partial charge in [-0.25, -0.2) is 22.0 Å². The van der Waals surface area contributed by atoms with Crippen LogP contribution in [0, 0.1) is 23.3 Å². The van der Waals surface area contributed by atoms with Gasteiger partial charge in [0.2, 0.25) is 0 Å². The Morgan fingerprint density at radius 3 is 1.94 bits per heavy atom. The van der Waals surface area contributed by atoms with Crippen molar-refractivity contribution in [2.75, 3.05) is 0 Å². The molecule has 0 saturated carbocycles. The summed E-state index contributed by atoms with van der Waals surface area (Å²) in [4.78, 5) is 0. The fourth-order valence-corrected chi connectivity index (χ4v) is 1.07. The molecule has 0 amide bonds. The maximum Gasteiger partial charge on any atom is 0.309 e. The zero-order valence-corrected chi connectivity index (χ0v) is 7.80. The second-order valence-electron chi connectivity index (χ2n) is 3.08. The van der Waals surface area contributed by atoms with Crippen molar-refractivity contribution in [1.82, 2.24) is 0 Å². The maximum absolute atomic E-state index is 13.0. The fourth-order valence-electron chi connectivity index (χ4n) is 1.07. The van der Waals surface area contributed by atoms with Crippen molar-refractivity contribution < 1.29 is 30.7 Å². The van der Waals surface area contributed by atoms with Crippen LogP contribution >= 0.6 is 0 Å². The zero-order valence-electron chi connectivity index (χ0n) is 7.80. The largest absolute Gasteiger partial charge is 0.309 e. The SMILES string of the molecule is CC(F)C(F)(F)c1c(F)cc(F)c(F)c1F. The van der Waals surface area contributed by atoms with Crippen LogP contribution in [0.15, 0.2) is 6.07 Å². The molecule has 1 atom stereocenters. The van der Waals surface area contributed by atoms with E-state index in [1.165, 1.54) is 0 Å². The summed E-state index contributed by atoms with van der Waals surface area (Å²) in [6.45, 7) is 0.347. The highest BCUT2D eigenvalue weighted by atomic mass is 19.3. The summed E-state index contributed by atoms with van der Waals surface area (Å²) < 4.78 is 89.1.